The zero-order valence-electron chi connectivity index (χ0n) is 16.9. The zero-order chi connectivity index (χ0) is 21.1. The van der Waals surface area contributed by atoms with Gasteiger partial charge in [-0.1, -0.05) is 18.1 Å². The van der Waals surface area contributed by atoms with Crippen LogP contribution < -0.4 is 20.9 Å². The summed E-state index contributed by atoms with van der Waals surface area (Å²) >= 11 is 1.40. The molecule has 156 valence electrons. The molecule has 0 amide bonds. The van der Waals surface area contributed by atoms with E-state index in [-0.39, 0.29) is 17.8 Å². The van der Waals surface area contributed by atoms with E-state index in [2.05, 4.69) is 21.8 Å². The van der Waals surface area contributed by atoms with Crippen molar-refractivity contribution in [2.45, 2.75) is 13.1 Å². The van der Waals surface area contributed by atoms with Gasteiger partial charge in [-0.05, 0) is 12.1 Å². The maximum absolute atomic E-state index is 12.9. The smallest absolute Gasteiger partial charge is 0.332 e. The van der Waals surface area contributed by atoms with Gasteiger partial charge in [0.15, 0.2) is 0 Å². The van der Waals surface area contributed by atoms with E-state index < -0.39 is 0 Å². The maximum Gasteiger partial charge on any atom is 0.332 e. The number of benzene rings is 1. The van der Waals surface area contributed by atoms with Crippen molar-refractivity contribution in [2.24, 2.45) is 0 Å². The minimum Gasteiger partial charge on any atom is -0.495 e. The minimum absolute atomic E-state index is 0.157. The fourth-order valence-electron chi connectivity index (χ4n) is 3.93. The van der Waals surface area contributed by atoms with E-state index in [4.69, 9.17) is 11.2 Å². The fourth-order valence-corrected chi connectivity index (χ4v) is 4.74. The first-order valence-corrected chi connectivity index (χ1v) is 10.8. The molecule has 1 aliphatic heterocycles. The topological polar surface area (TPSA) is 59.7 Å². The van der Waals surface area contributed by atoms with E-state index >= 15 is 0 Å². The van der Waals surface area contributed by atoms with Crippen LogP contribution in [0.3, 0.4) is 0 Å². The molecule has 4 rings (SSSR count). The van der Waals surface area contributed by atoms with E-state index in [0.29, 0.717) is 24.0 Å². The van der Waals surface area contributed by atoms with Gasteiger partial charge in [0.05, 0.1) is 30.2 Å². The van der Waals surface area contributed by atoms with E-state index in [9.17, 15) is 9.59 Å². The summed E-state index contributed by atoms with van der Waals surface area (Å²) < 4.78 is 8.30. The normalized spacial score (nSPS) is 14.7. The standard InChI is InChI=1S/C22H24N4O3S/c1-3-8-25-19-16-30-15-17(19)21(27)26(22(25)28)14-11-23-9-12-24(13-10-23)18-6-4-5-7-20(18)29-2/h1,4-7,15-16H,8-14H2,2H3. The molecule has 0 spiro atoms. The predicted octanol–water partition coefficient (Wildman–Crippen LogP) is 1.69. The van der Waals surface area contributed by atoms with E-state index in [0.717, 1.165) is 37.6 Å². The molecule has 0 bridgehead atoms. The van der Waals surface area contributed by atoms with Crippen LogP contribution in [-0.4, -0.2) is 53.9 Å². The lowest BCUT2D eigenvalue weighted by atomic mass is 10.2. The summed E-state index contributed by atoms with van der Waals surface area (Å²) in [6.07, 6.45) is 5.43. The van der Waals surface area contributed by atoms with Crippen molar-refractivity contribution in [3.8, 4) is 18.1 Å². The van der Waals surface area contributed by atoms with Crippen LogP contribution in [0.1, 0.15) is 0 Å². The Bertz CT molecular complexity index is 1200. The number of aromatic nitrogens is 2. The predicted molar refractivity (Wildman–Crippen MR) is 121 cm³/mol. The third-order valence-electron chi connectivity index (χ3n) is 5.56. The van der Waals surface area contributed by atoms with Gasteiger partial charge in [0.2, 0.25) is 0 Å². The van der Waals surface area contributed by atoms with Crippen LogP contribution >= 0.6 is 11.3 Å². The molecule has 3 aromatic rings. The number of piperazine rings is 1. The van der Waals surface area contributed by atoms with Crippen LogP contribution in [-0.2, 0) is 13.1 Å². The third kappa shape index (κ3) is 3.74. The molecule has 0 radical (unpaired) electrons. The molecule has 1 fully saturated rings. The summed E-state index contributed by atoms with van der Waals surface area (Å²) in [5, 5.41) is 4.14. The molecule has 3 heterocycles. The molecule has 0 atom stereocenters. The number of rotatable bonds is 6. The molecular formula is C22H24N4O3S. The molecule has 2 aromatic heterocycles. The quantitative estimate of drug-likeness (QED) is 0.564. The highest BCUT2D eigenvalue weighted by atomic mass is 32.1. The number of fused-ring (bicyclic) bond motifs is 1. The lowest BCUT2D eigenvalue weighted by molar-refractivity contribution is 0.244. The molecule has 0 N–H and O–H groups in total. The largest absolute Gasteiger partial charge is 0.495 e. The number of hydrogen-bond acceptors (Lipinski definition) is 6. The molecule has 1 saturated heterocycles. The Morgan fingerprint density at radius 1 is 1.07 bits per heavy atom. The molecule has 0 unspecified atom stereocenters. The zero-order valence-corrected chi connectivity index (χ0v) is 17.7. The Balaban J connectivity index is 1.46. The van der Waals surface area contributed by atoms with Gasteiger partial charge in [0.25, 0.3) is 5.56 Å². The van der Waals surface area contributed by atoms with Gasteiger partial charge >= 0.3 is 5.69 Å². The molecule has 30 heavy (non-hydrogen) atoms. The fraction of sp³-hybridized carbons (Fsp3) is 0.364. The van der Waals surface area contributed by atoms with Crippen molar-refractivity contribution in [1.82, 2.24) is 14.0 Å². The number of methoxy groups -OCH3 is 1. The Hall–Kier alpha value is -3.02. The second-order valence-electron chi connectivity index (χ2n) is 7.20. The molecule has 7 nitrogen and oxygen atoms in total. The van der Waals surface area contributed by atoms with E-state index in [1.165, 1.54) is 20.5 Å². The highest BCUT2D eigenvalue weighted by Gasteiger charge is 2.20. The first kappa shape index (κ1) is 20.3. The summed E-state index contributed by atoms with van der Waals surface area (Å²) in [5.41, 5.74) is 1.14. The van der Waals surface area contributed by atoms with Crippen molar-refractivity contribution in [1.29, 1.82) is 0 Å². The first-order chi connectivity index (χ1) is 14.6. The van der Waals surface area contributed by atoms with E-state index in [1.807, 2.05) is 18.2 Å². The molecule has 1 aromatic carbocycles. The molecule has 0 saturated carbocycles. The van der Waals surface area contributed by atoms with Crippen LogP contribution in [0.2, 0.25) is 0 Å². The molecule has 8 heteroatoms. The van der Waals surface area contributed by atoms with Crippen LogP contribution in [0.15, 0.2) is 44.6 Å². The number of thiophene rings is 1. The highest BCUT2D eigenvalue weighted by molar-refractivity contribution is 7.09. The second kappa shape index (κ2) is 8.78. The van der Waals surface area contributed by atoms with Crippen LogP contribution in [0.5, 0.6) is 5.75 Å². The molecular weight excluding hydrogens is 400 g/mol. The van der Waals surface area contributed by atoms with Gasteiger partial charge in [-0.15, -0.1) is 17.8 Å². The lowest BCUT2D eigenvalue weighted by Crippen LogP contribution is -2.49. The highest BCUT2D eigenvalue weighted by Crippen LogP contribution is 2.28. The number of para-hydroxylation sites is 2. The van der Waals surface area contributed by atoms with Gasteiger partial charge in [-0.3, -0.25) is 18.8 Å². The Kier molecular flexibility index (Phi) is 5.93. The number of nitrogens with zero attached hydrogens (tertiary/aromatic N) is 4. The van der Waals surface area contributed by atoms with Gasteiger partial charge in [-0.25, -0.2) is 4.79 Å². The van der Waals surface area contributed by atoms with Gasteiger partial charge in [0.1, 0.15) is 5.75 Å². The van der Waals surface area contributed by atoms with E-state index in [1.54, 1.807) is 17.9 Å². The Morgan fingerprint density at radius 2 is 1.83 bits per heavy atom. The van der Waals surface area contributed by atoms with Crippen LogP contribution in [0.25, 0.3) is 10.9 Å². The number of terminal acetylenes is 1. The third-order valence-corrected chi connectivity index (χ3v) is 6.29. The van der Waals surface area contributed by atoms with Crippen molar-refractivity contribution < 1.29 is 4.74 Å². The van der Waals surface area contributed by atoms with Gasteiger partial charge < -0.3 is 9.64 Å². The van der Waals surface area contributed by atoms with Crippen molar-refractivity contribution >= 4 is 27.9 Å². The lowest BCUT2D eigenvalue weighted by Gasteiger charge is -2.36. The minimum atomic E-state index is -0.337. The molecule has 1 aliphatic rings. The average Bonchev–Trinajstić information content (AvgIpc) is 3.27. The average molecular weight is 425 g/mol. The number of anilines is 1. The number of hydrogen-bond donors (Lipinski definition) is 0. The summed E-state index contributed by atoms with van der Waals surface area (Å²) in [7, 11) is 1.68. The first-order valence-electron chi connectivity index (χ1n) is 9.87. The van der Waals surface area contributed by atoms with Gasteiger partial charge in [-0.2, -0.15) is 0 Å². The Morgan fingerprint density at radius 3 is 2.57 bits per heavy atom. The summed E-state index contributed by atoms with van der Waals surface area (Å²) in [5.74, 6) is 3.39. The summed E-state index contributed by atoms with van der Waals surface area (Å²) in [6.45, 7) is 4.58. The maximum atomic E-state index is 12.9. The second-order valence-corrected chi connectivity index (χ2v) is 7.94. The summed E-state index contributed by atoms with van der Waals surface area (Å²) in [4.78, 5) is 30.3. The van der Waals surface area contributed by atoms with Crippen LogP contribution in [0.4, 0.5) is 5.69 Å². The van der Waals surface area contributed by atoms with Crippen LogP contribution in [0, 0.1) is 12.3 Å². The SMILES string of the molecule is C#CCn1c(=O)n(CCN2CCN(c3ccccc3OC)CC2)c(=O)c2cscc21. The number of ether oxygens (including phenoxy) is 1. The van der Waals surface area contributed by atoms with Crippen molar-refractivity contribution in [3.63, 3.8) is 0 Å². The van der Waals surface area contributed by atoms with Crippen molar-refractivity contribution in [3.05, 3.63) is 55.9 Å². The summed E-state index contributed by atoms with van der Waals surface area (Å²) in [6, 6.07) is 8.01. The molecule has 0 aliphatic carbocycles. The Labute approximate surface area is 178 Å². The van der Waals surface area contributed by atoms with Crippen molar-refractivity contribution in [2.75, 3.05) is 44.7 Å². The monoisotopic (exact) mass is 424 g/mol. The van der Waals surface area contributed by atoms with Gasteiger partial charge in [0, 0.05) is 50.0 Å².